The van der Waals surface area contributed by atoms with Gasteiger partial charge in [-0.05, 0) is 73.5 Å². The van der Waals surface area contributed by atoms with E-state index in [1.54, 1.807) is 16.7 Å². The molecule has 3 aromatic rings. The van der Waals surface area contributed by atoms with Crippen molar-refractivity contribution in [2.24, 2.45) is 18.7 Å². The van der Waals surface area contributed by atoms with E-state index in [0.29, 0.717) is 32.6 Å². The molecule has 5 rings (SSSR count). The number of ether oxygens (including phenoxy) is 1. The number of methoxy groups -OCH3 is 1. The molecule has 2 aliphatic rings. The Labute approximate surface area is 251 Å². The predicted molar refractivity (Wildman–Crippen MR) is 162 cm³/mol. The third kappa shape index (κ3) is 7.49. The predicted octanol–water partition coefficient (Wildman–Crippen LogP) is 0.982. The minimum absolute atomic E-state index is 0.0140. The Morgan fingerprint density at radius 1 is 1.12 bits per heavy atom. The number of benzene rings is 2. The van der Waals surface area contributed by atoms with Crippen molar-refractivity contribution in [2.45, 2.75) is 50.7 Å². The summed E-state index contributed by atoms with van der Waals surface area (Å²) in [7, 11) is 3.46. The third-order valence-electron chi connectivity index (χ3n) is 8.48. The fourth-order valence-corrected chi connectivity index (χ4v) is 6.03. The van der Waals surface area contributed by atoms with Crippen LogP contribution in [0.1, 0.15) is 36.8 Å². The minimum atomic E-state index is -0.858. The van der Waals surface area contributed by atoms with E-state index in [-0.39, 0.29) is 36.5 Å². The summed E-state index contributed by atoms with van der Waals surface area (Å²) in [5.41, 5.74) is 10.0. The lowest BCUT2D eigenvalue weighted by Gasteiger charge is -2.27. The van der Waals surface area contributed by atoms with Gasteiger partial charge in [0.15, 0.2) is 0 Å². The number of carbonyl (C=O) groups excluding carboxylic acids is 3. The molecule has 230 valence electrons. The van der Waals surface area contributed by atoms with E-state index in [1.165, 1.54) is 0 Å². The van der Waals surface area contributed by atoms with Crippen LogP contribution in [0.2, 0.25) is 0 Å². The molecular weight excluding hydrogens is 548 g/mol. The highest BCUT2D eigenvalue weighted by molar-refractivity contribution is 5.91. The molecule has 12 heteroatoms. The van der Waals surface area contributed by atoms with Crippen LogP contribution in [-0.4, -0.2) is 94.4 Å². The molecule has 2 saturated heterocycles. The van der Waals surface area contributed by atoms with Crippen LogP contribution in [-0.2, 0) is 34.4 Å². The van der Waals surface area contributed by atoms with E-state index in [4.69, 9.17) is 10.5 Å². The van der Waals surface area contributed by atoms with Gasteiger partial charge in [-0.15, -0.1) is 5.10 Å². The second-order valence-corrected chi connectivity index (χ2v) is 11.5. The molecule has 3 atom stereocenters. The summed E-state index contributed by atoms with van der Waals surface area (Å²) in [6.07, 6.45) is 2.60. The number of hydrogen-bond donors (Lipinski definition) is 3. The van der Waals surface area contributed by atoms with Crippen molar-refractivity contribution in [3.8, 4) is 5.75 Å². The van der Waals surface area contributed by atoms with Gasteiger partial charge >= 0.3 is 0 Å². The summed E-state index contributed by atoms with van der Waals surface area (Å²) < 4.78 is 6.98. The number of aromatic nitrogens is 3. The zero-order valence-electron chi connectivity index (χ0n) is 25.0. The lowest BCUT2D eigenvalue weighted by Crippen LogP contribution is -2.51. The van der Waals surface area contributed by atoms with Gasteiger partial charge in [0.05, 0.1) is 18.7 Å². The summed E-state index contributed by atoms with van der Waals surface area (Å²) in [6.45, 7) is 3.76. The Bertz CT molecular complexity index is 1420. The SMILES string of the molecule is COc1ccc(CC2CC(C(=O)NCc3ccc4c(c3)nnn4C)N(C(=O)C(N)CCC(=O)N3CCCNCC3)C2)cc1. The van der Waals surface area contributed by atoms with E-state index in [1.807, 2.05) is 54.4 Å². The van der Waals surface area contributed by atoms with E-state index in [2.05, 4.69) is 20.9 Å². The van der Waals surface area contributed by atoms with Crippen LogP contribution in [0.4, 0.5) is 0 Å². The van der Waals surface area contributed by atoms with Crippen molar-refractivity contribution in [1.29, 1.82) is 0 Å². The number of rotatable bonds is 10. The van der Waals surface area contributed by atoms with Gasteiger partial charge in [-0.1, -0.05) is 23.4 Å². The molecule has 3 unspecified atom stereocenters. The van der Waals surface area contributed by atoms with Crippen molar-refractivity contribution in [3.05, 3.63) is 53.6 Å². The van der Waals surface area contributed by atoms with Crippen molar-refractivity contribution < 1.29 is 19.1 Å². The van der Waals surface area contributed by atoms with Crippen LogP contribution < -0.4 is 21.1 Å². The molecule has 2 fully saturated rings. The average Bonchev–Trinajstić information content (AvgIpc) is 3.49. The zero-order chi connectivity index (χ0) is 30.3. The first-order valence-corrected chi connectivity index (χ1v) is 15.1. The van der Waals surface area contributed by atoms with Crippen LogP contribution in [0.15, 0.2) is 42.5 Å². The van der Waals surface area contributed by atoms with Crippen molar-refractivity contribution >= 4 is 28.8 Å². The second kappa shape index (κ2) is 14.0. The summed E-state index contributed by atoms with van der Waals surface area (Å²) >= 11 is 0. The first-order valence-electron chi connectivity index (χ1n) is 15.1. The Balaban J connectivity index is 1.24. The topological polar surface area (TPSA) is 148 Å². The van der Waals surface area contributed by atoms with E-state index in [0.717, 1.165) is 53.8 Å². The number of likely N-dealkylation sites (tertiary alicyclic amines) is 1. The van der Waals surface area contributed by atoms with Crippen molar-refractivity contribution in [2.75, 3.05) is 39.8 Å². The summed E-state index contributed by atoms with van der Waals surface area (Å²) in [5, 5.41) is 14.5. The maximum Gasteiger partial charge on any atom is 0.243 e. The van der Waals surface area contributed by atoms with Gasteiger partial charge < -0.3 is 30.9 Å². The highest BCUT2D eigenvalue weighted by Gasteiger charge is 2.41. The van der Waals surface area contributed by atoms with Crippen LogP contribution in [0.3, 0.4) is 0 Å². The van der Waals surface area contributed by atoms with Crippen LogP contribution in [0.25, 0.3) is 11.0 Å². The molecule has 0 spiro atoms. The van der Waals surface area contributed by atoms with Gasteiger partial charge in [-0.3, -0.25) is 14.4 Å². The molecular formula is C31H42N8O4. The third-order valence-corrected chi connectivity index (χ3v) is 8.48. The molecule has 3 amide bonds. The van der Waals surface area contributed by atoms with Gasteiger partial charge in [0.2, 0.25) is 17.7 Å². The van der Waals surface area contributed by atoms with Gasteiger partial charge in [-0.2, -0.15) is 0 Å². The van der Waals surface area contributed by atoms with Crippen molar-refractivity contribution in [1.82, 2.24) is 35.4 Å². The molecule has 0 radical (unpaired) electrons. The second-order valence-electron chi connectivity index (χ2n) is 11.5. The molecule has 3 heterocycles. The normalized spacial score (nSPS) is 19.7. The Morgan fingerprint density at radius 2 is 1.91 bits per heavy atom. The molecule has 43 heavy (non-hydrogen) atoms. The number of fused-ring (bicyclic) bond motifs is 1. The Morgan fingerprint density at radius 3 is 2.70 bits per heavy atom. The van der Waals surface area contributed by atoms with Crippen LogP contribution >= 0.6 is 0 Å². The standard InChI is InChI=1S/C31H42N8O4/c1-37-27-10-6-22(17-26(27)35-36-37)19-34-30(41)28-18-23(16-21-4-7-24(43-2)8-5-21)20-39(28)31(42)25(32)9-11-29(40)38-14-3-12-33-13-15-38/h4-8,10,17,23,25,28,33H,3,9,11-16,18-20,32H2,1-2H3,(H,34,41). The first kappa shape index (κ1) is 30.4. The summed E-state index contributed by atoms with van der Waals surface area (Å²) in [5.74, 6) is 0.373. The fourth-order valence-electron chi connectivity index (χ4n) is 6.03. The van der Waals surface area contributed by atoms with E-state index in [9.17, 15) is 14.4 Å². The molecule has 0 saturated carbocycles. The maximum atomic E-state index is 13.7. The van der Waals surface area contributed by atoms with Gasteiger partial charge in [0.1, 0.15) is 17.3 Å². The summed E-state index contributed by atoms with van der Waals surface area (Å²) in [4.78, 5) is 43.5. The van der Waals surface area contributed by atoms with Gasteiger partial charge in [0.25, 0.3) is 0 Å². The van der Waals surface area contributed by atoms with Crippen molar-refractivity contribution in [3.63, 3.8) is 0 Å². The zero-order valence-corrected chi connectivity index (χ0v) is 25.0. The number of amides is 3. The van der Waals surface area contributed by atoms with Gasteiger partial charge in [0, 0.05) is 46.2 Å². The smallest absolute Gasteiger partial charge is 0.243 e. The fraction of sp³-hybridized carbons (Fsp3) is 0.516. The van der Waals surface area contributed by atoms with E-state index < -0.39 is 12.1 Å². The molecule has 2 aromatic carbocycles. The Kier molecular flexibility index (Phi) is 9.88. The number of aryl methyl sites for hydroxylation is 1. The molecule has 0 aliphatic carbocycles. The molecule has 12 nitrogen and oxygen atoms in total. The Hall–Kier alpha value is -4.03. The first-order chi connectivity index (χ1) is 20.8. The molecule has 1 aromatic heterocycles. The number of nitrogens with one attached hydrogen (secondary N) is 2. The average molecular weight is 591 g/mol. The number of nitrogens with two attached hydrogens (primary N) is 1. The quantitative estimate of drug-likeness (QED) is 0.317. The van der Waals surface area contributed by atoms with Crippen LogP contribution in [0, 0.1) is 5.92 Å². The lowest BCUT2D eigenvalue weighted by molar-refractivity contribution is -0.140. The largest absolute Gasteiger partial charge is 0.497 e. The number of nitrogens with zero attached hydrogens (tertiary/aromatic N) is 5. The minimum Gasteiger partial charge on any atom is -0.497 e. The maximum absolute atomic E-state index is 13.7. The van der Waals surface area contributed by atoms with Gasteiger partial charge in [-0.25, -0.2) is 4.68 Å². The van der Waals surface area contributed by atoms with Crippen LogP contribution in [0.5, 0.6) is 5.75 Å². The van der Waals surface area contributed by atoms with E-state index >= 15 is 0 Å². The molecule has 0 bridgehead atoms. The monoisotopic (exact) mass is 590 g/mol. The number of hydrogen-bond acceptors (Lipinski definition) is 8. The molecule has 4 N–H and O–H groups in total. The highest BCUT2D eigenvalue weighted by Crippen LogP contribution is 2.28. The molecule has 2 aliphatic heterocycles. The highest BCUT2D eigenvalue weighted by atomic mass is 16.5. The summed E-state index contributed by atoms with van der Waals surface area (Å²) in [6, 6.07) is 12.1. The number of carbonyl (C=O) groups is 3. The lowest BCUT2D eigenvalue weighted by atomic mass is 9.96.